The van der Waals surface area contributed by atoms with Gasteiger partial charge < -0.3 is 20.1 Å². The van der Waals surface area contributed by atoms with Crippen LogP contribution >= 0.6 is 0 Å². The monoisotopic (exact) mass is 320 g/mol. The quantitative estimate of drug-likeness (QED) is 0.766. The smallest absolute Gasteiger partial charge is 0.228 e. The van der Waals surface area contributed by atoms with E-state index in [1.807, 2.05) is 37.3 Å². The molecule has 1 aromatic rings. The van der Waals surface area contributed by atoms with Crippen molar-refractivity contribution in [1.82, 2.24) is 10.6 Å². The third-order valence-electron chi connectivity index (χ3n) is 4.32. The molecule has 1 unspecified atom stereocenters. The summed E-state index contributed by atoms with van der Waals surface area (Å²) in [5.74, 6) is 0.0802. The highest BCUT2D eigenvalue weighted by Crippen LogP contribution is 2.29. The van der Waals surface area contributed by atoms with Crippen LogP contribution in [0.5, 0.6) is 0 Å². The average Bonchev–Trinajstić information content (AvgIpc) is 2.57. The van der Waals surface area contributed by atoms with Crippen LogP contribution in [0, 0.1) is 5.41 Å². The van der Waals surface area contributed by atoms with Crippen molar-refractivity contribution in [2.45, 2.75) is 32.4 Å². The molecule has 0 aromatic heterocycles. The molecule has 128 valence electrons. The van der Waals surface area contributed by atoms with Gasteiger partial charge in [0.15, 0.2) is 0 Å². The number of methoxy groups -OCH3 is 1. The highest BCUT2D eigenvalue weighted by molar-refractivity contribution is 5.83. The molecule has 1 atom stereocenters. The Bertz CT molecular complexity index is 467. The van der Waals surface area contributed by atoms with E-state index in [4.69, 9.17) is 9.47 Å². The molecule has 2 rings (SSSR count). The van der Waals surface area contributed by atoms with E-state index < -0.39 is 5.41 Å². The first-order chi connectivity index (χ1) is 11.2. The van der Waals surface area contributed by atoms with Crippen LogP contribution in [0.2, 0.25) is 0 Å². The van der Waals surface area contributed by atoms with Gasteiger partial charge in [0.2, 0.25) is 5.91 Å². The third-order valence-corrected chi connectivity index (χ3v) is 4.32. The number of hydrogen-bond acceptors (Lipinski definition) is 4. The number of nitrogens with one attached hydrogen (secondary N) is 2. The molecule has 2 N–H and O–H groups in total. The highest BCUT2D eigenvalue weighted by atomic mass is 16.5. The van der Waals surface area contributed by atoms with Crippen molar-refractivity contribution in [3.05, 3.63) is 35.9 Å². The highest BCUT2D eigenvalue weighted by Gasteiger charge is 2.39. The third kappa shape index (κ3) is 5.30. The SMILES string of the molecule is COCC1(C(=O)NC(C)COCc2ccccc2)CCNCC1. The topological polar surface area (TPSA) is 59.6 Å². The fourth-order valence-corrected chi connectivity index (χ4v) is 2.96. The maximum atomic E-state index is 12.7. The molecule has 0 spiro atoms. The summed E-state index contributed by atoms with van der Waals surface area (Å²) < 4.78 is 11.0. The van der Waals surface area contributed by atoms with Gasteiger partial charge in [-0.3, -0.25) is 4.79 Å². The van der Waals surface area contributed by atoms with Crippen LogP contribution < -0.4 is 10.6 Å². The largest absolute Gasteiger partial charge is 0.384 e. The lowest BCUT2D eigenvalue weighted by atomic mass is 9.78. The van der Waals surface area contributed by atoms with Gasteiger partial charge in [-0.2, -0.15) is 0 Å². The first kappa shape index (κ1) is 17.9. The molecule has 0 aliphatic carbocycles. The Kier molecular flexibility index (Phi) is 7.02. The zero-order chi connectivity index (χ0) is 16.5. The first-order valence-electron chi connectivity index (χ1n) is 8.28. The fourth-order valence-electron chi connectivity index (χ4n) is 2.96. The normalized spacial score (nSPS) is 18.3. The maximum Gasteiger partial charge on any atom is 0.228 e. The Morgan fingerprint density at radius 2 is 2.00 bits per heavy atom. The summed E-state index contributed by atoms with van der Waals surface area (Å²) in [6, 6.07) is 10.0. The molecule has 1 amide bonds. The van der Waals surface area contributed by atoms with Gasteiger partial charge in [-0.05, 0) is 38.4 Å². The van der Waals surface area contributed by atoms with E-state index >= 15 is 0 Å². The van der Waals surface area contributed by atoms with Crippen molar-refractivity contribution in [3.63, 3.8) is 0 Å². The molecular weight excluding hydrogens is 292 g/mol. The summed E-state index contributed by atoms with van der Waals surface area (Å²) in [7, 11) is 1.66. The number of rotatable bonds is 8. The van der Waals surface area contributed by atoms with Crippen molar-refractivity contribution in [3.8, 4) is 0 Å². The van der Waals surface area contributed by atoms with Crippen LogP contribution in [0.25, 0.3) is 0 Å². The molecular formula is C18H28N2O3. The zero-order valence-electron chi connectivity index (χ0n) is 14.1. The molecule has 0 saturated carbocycles. The van der Waals surface area contributed by atoms with Gasteiger partial charge >= 0.3 is 0 Å². The number of piperidine rings is 1. The van der Waals surface area contributed by atoms with E-state index in [-0.39, 0.29) is 11.9 Å². The second-order valence-corrected chi connectivity index (χ2v) is 6.34. The molecule has 1 aromatic carbocycles. The van der Waals surface area contributed by atoms with Gasteiger partial charge in [0, 0.05) is 13.2 Å². The van der Waals surface area contributed by atoms with Crippen LogP contribution in [0.3, 0.4) is 0 Å². The van der Waals surface area contributed by atoms with E-state index in [0.717, 1.165) is 31.5 Å². The molecule has 5 heteroatoms. The van der Waals surface area contributed by atoms with Gasteiger partial charge in [-0.1, -0.05) is 30.3 Å². The number of amides is 1. The van der Waals surface area contributed by atoms with Gasteiger partial charge in [-0.25, -0.2) is 0 Å². The molecule has 1 heterocycles. The van der Waals surface area contributed by atoms with Crippen molar-refractivity contribution >= 4 is 5.91 Å². The minimum Gasteiger partial charge on any atom is -0.384 e. The van der Waals surface area contributed by atoms with Gasteiger partial charge in [0.25, 0.3) is 0 Å². The second kappa shape index (κ2) is 9.01. The summed E-state index contributed by atoms with van der Waals surface area (Å²) in [5, 5.41) is 6.39. The lowest BCUT2D eigenvalue weighted by Crippen LogP contribution is -2.52. The van der Waals surface area contributed by atoms with E-state index in [1.165, 1.54) is 0 Å². The summed E-state index contributed by atoms with van der Waals surface area (Å²) in [5.41, 5.74) is 0.730. The maximum absolute atomic E-state index is 12.7. The van der Waals surface area contributed by atoms with Gasteiger partial charge in [0.05, 0.1) is 25.2 Å². The Hall–Kier alpha value is -1.43. The van der Waals surface area contributed by atoms with Crippen molar-refractivity contribution in [1.29, 1.82) is 0 Å². The average molecular weight is 320 g/mol. The Morgan fingerprint density at radius 1 is 1.30 bits per heavy atom. The Balaban J connectivity index is 1.78. The number of benzene rings is 1. The summed E-state index contributed by atoms with van der Waals surface area (Å²) in [6.07, 6.45) is 1.62. The second-order valence-electron chi connectivity index (χ2n) is 6.34. The van der Waals surface area contributed by atoms with Crippen molar-refractivity contribution < 1.29 is 14.3 Å². The molecule has 1 saturated heterocycles. The van der Waals surface area contributed by atoms with Crippen LogP contribution in [0.1, 0.15) is 25.3 Å². The number of ether oxygens (including phenoxy) is 2. The molecule has 0 bridgehead atoms. The lowest BCUT2D eigenvalue weighted by molar-refractivity contribution is -0.137. The molecule has 0 radical (unpaired) electrons. The Labute approximate surface area is 138 Å². The van der Waals surface area contributed by atoms with Crippen molar-refractivity contribution in [2.24, 2.45) is 5.41 Å². The molecule has 1 aliphatic rings. The molecule has 1 fully saturated rings. The summed E-state index contributed by atoms with van der Waals surface area (Å²) in [4.78, 5) is 12.7. The van der Waals surface area contributed by atoms with E-state index in [9.17, 15) is 4.79 Å². The summed E-state index contributed by atoms with van der Waals surface area (Å²) >= 11 is 0. The molecule has 23 heavy (non-hydrogen) atoms. The first-order valence-corrected chi connectivity index (χ1v) is 8.28. The number of hydrogen-bond donors (Lipinski definition) is 2. The van der Waals surface area contributed by atoms with E-state index in [0.29, 0.717) is 19.8 Å². The van der Waals surface area contributed by atoms with Crippen molar-refractivity contribution in [2.75, 3.05) is 33.4 Å². The van der Waals surface area contributed by atoms with Crippen LogP contribution in [0.4, 0.5) is 0 Å². The van der Waals surface area contributed by atoms with E-state index in [1.54, 1.807) is 7.11 Å². The standard InChI is InChI=1S/C18H28N2O3/c1-15(12-23-13-16-6-4-3-5-7-16)20-17(21)18(14-22-2)8-10-19-11-9-18/h3-7,15,19H,8-14H2,1-2H3,(H,20,21). The van der Waals surface area contributed by atoms with Crippen LogP contribution in [-0.4, -0.2) is 45.4 Å². The Morgan fingerprint density at radius 3 is 2.65 bits per heavy atom. The fraction of sp³-hybridized carbons (Fsp3) is 0.611. The van der Waals surface area contributed by atoms with Gasteiger partial charge in [0.1, 0.15) is 0 Å². The number of carbonyl (C=O) groups is 1. The molecule has 5 nitrogen and oxygen atoms in total. The molecule has 1 aliphatic heterocycles. The minimum atomic E-state index is -0.409. The predicted molar refractivity (Wildman–Crippen MR) is 90.1 cm³/mol. The van der Waals surface area contributed by atoms with Crippen LogP contribution in [-0.2, 0) is 20.9 Å². The van der Waals surface area contributed by atoms with Crippen LogP contribution in [0.15, 0.2) is 30.3 Å². The lowest BCUT2D eigenvalue weighted by Gasteiger charge is -2.36. The number of carbonyl (C=O) groups excluding carboxylic acids is 1. The van der Waals surface area contributed by atoms with E-state index in [2.05, 4.69) is 10.6 Å². The predicted octanol–water partition coefficient (Wildman–Crippen LogP) is 1.72. The zero-order valence-corrected chi connectivity index (χ0v) is 14.1. The summed E-state index contributed by atoms with van der Waals surface area (Å²) in [6.45, 7) is 5.23. The minimum absolute atomic E-state index is 0.0187. The van der Waals surface area contributed by atoms with Gasteiger partial charge in [-0.15, -0.1) is 0 Å².